The summed E-state index contributed by atoms with van der Waals surface area (Å²) in [4.78, 5) is 13.0. The summed E-state index contributed by atoms with van der Waals surface area (Å²) in [5.74, 6) is 1.30. The van der Waals surface area contributed by atoms with Crippen molar-refractivity contribution in [2.45, 2.75) is 59.6 Å². The van der Waals surface area contributed by atoms with Crippen LogP contribution in [0.2, 0.25) is 39.3 Å². The Kier molecular flexibility index (Phi) is 3.50. The average Bonchev–Trinajstić information content (AvgIpc) is 2.45. The normalized spacial score (nSPS) is 23.1. The highest BCUT2D eigenvalue weighted by Crippen LogP contribution is 2.47. The number of allylic oxidation sites excluding steroid dienone is 3. The smallest absolute Gasteiger partial charge is 0.181 e. The summed E-state index contributed by atoms with van der Waals surface area (Å²) in [6.07, 6.45) is 0.988. The van der Waals surface area contributed by atoms with Crippen LogP contribution in [0.5, 0.6) is 0 Å². The molecule has 0 aromatic rings. The van der Waals surface area contributed by atoms with Crippen LogP contribution in [-0.2, 0) is 9.53 Å². The molecular weight excluding hydrogens is 280 g/mol. The Bertz CT molecular complexity index is 526. The SMILES string of the molecule is CC1(C)COC2=C([Si](C)(C)C)C(=O)C([Si](C)(C)C)=C2C1. The molecule has 1 aliphatic carbocycles. The first-order chi connectivity index (χ1) is 8.84. The summed E-state index contributed by atoms with van der Waals surface area (Å²) in [6, 6.07) is 0. The standard InChI is InChI=1S/C16H28O2Si2/c1-16(2)9-11-13(18-10-16)15(20(6,7)8)12(17)14(11)19(3,4)5/h9-10H2,1-8H3. The molecule has 0 atom stereocenters. The second-order valence-corrected chi connectivity index (χ2v) is 19.0. The lowest BCUT2D eigenvalue weighted by Gasteiger charge is -2.34. The summed E-state index contributed by atoms with van der Waals surface area (Å²) in [5, 5.41) is 2.18. The van der Waals surface area contributed by atoms with Crippen molar-refractivity contribution < 1.29 is 9.53 Å². The molecule has 0 bridgehead atoms. The van der Waals surface area contributed by atoms with E-state index in [0.717, 1.165) is 29.2 Å². The molecule has 0 aromatic heterocycles. The molecule has 0 unspecified atom stereocenters. The van der Waals surface area contributed by atoms with Gasteiger partial charge >= 0.3 is 0 Å². The molecular formula is C16H28O2Si2. The lowest BCUT2D eigenvalue weighted by Crippen LogP contribution is -2.35. The maximum atomic E-state index is 13.0. The minimum Gasteiger partial charge on any atom is -0.493 e. The summed E-state index contributed by atoms with van der Waals surface area (Å²) in [7, 11) is -3.32. The molecule has 1 heterocycles. The van der Waals surface area contributed by atoms with Crippen LogP contribution < -0.4 is 0 Å². The van der Waals surface area contributed by atoms with Gasteiger partial charge in [-0.25, -0.2) is 0 Å². The molecule has 0 amide bonds. The predicted octanol–water partition coefficient (Wildman–Crippen LogP) is 4.32. The van der Waals surface area contributed by atoms with Gasteiger partial charge in [0.15, 0.2) is 5.78 Å². The fourth-order valence-electron chi connectivity index (χ4n) is 3.23. The van der Waals surface area contributed by atoms with Crippen LogP contribution in [-0.4, -0.2) is 28.5 Å². The third kappa shape index (κ3) is 2.60. The van der Waals surface area contributed by atoms with E-state index in [1.807, 2.05) is 0 Å². The van der Waals surface area contributed by atoms with E-state index >= 15 is 0 Å². The second kappa shape index (κ2) is 4.44. The molecule has 1 saturated heterocycles. The maximum Gasteiger partial charge on any atom is 0.181 e. The molecule has 20 heavy (non-hydrogen) atoms. The van der Waals surface area contributed by atoms with Crippen LogP contribution in [0.3, 0.4) is 0 Å². The van der Waals surface area contributed by atoms with Gasteiger partial charge in [-0.1, -0.05) is 53.1 Å². The zero-order valence-electron chi connectivity index (χ0n) is 14.2. The Morgan fingerprint density at radius 2 is 1.45 bits per heavy atom. The van der Waals surface area contributed by atoms with Gasteiger partial charge < -0.3 is 4.74 Å². The van der Waals surface area contributed by atoms with Gasteiger partial charge in [0.2, 0.25) is 0 Å². The fourth-order valence-corrected chi connectivity index (χ4v) is 6.98. The van der Waals surface area contributed by atoms with E-state index in [2.05, 4.69) is 53.1 Å². The van der Waals surface area contributed by atoms with Crippen molar-refractivity contribution in [1.82, 2.24) is 0 Å². The van der Waals surface area contributed by atoms with E-state index in [4.69, 9.17) is 4.74 Å². The number of hydrogen-bond donors (Lipinski definition) is 0. The summed E-state index contributed by atoms with van der Waals surface area (Å²) >= 11 is 0. The second-order valence-electron chi connectivity index (χ2n) is 9.02. The Morgan fingerprint density at radius 3 is 1.90 bits per heavy atom. The number of hydrogen-bond acceptors (Lipinski definition) is 2. The first-order valence-corrected chi connectivity index (χ1v) is 14.5. The lowest BCUT2D eigenvalue weighted by molar-refractivity contribution is -0.111. The molecule has 2 aliphatic rings. The van der Waals surface area contributed by atoms with Gasteiger partial charge in [-0.2, -0.15) is 0 Å². The maximum absolute atomic E-state index is 13.0. The van der Waals surface area contributed by atoms with Crippen LogP contribution in [0.25, 0.3) is 0 Å². The molecule has 4 heteroatoms. The topological polar surface area (TPSA) is 26.3 Å². The minimum absolute atomic E-state index is 0.138. The van der Waals surface area contributed by atoms with Gasteiger partial charge in [0, 0.05) is 10.6 Å². The van der Waals surface area contributed by atoms with Gasteiger partial charge in [0.25, 0.3) is 0 Å². The Labute approximate surface area is 125 Å². The van der Waals surface area contributed by atoms with E-state index < -0.39 is 16.1 Å². The molecule has 0 saturated carbocycles. The fraction of sp³-hybridized carbons (Fsp3) is 0.688. The van der Waals surface area contributed by atoms with E-state index in [9.17, 15) is 4.79 Å². The van der Waals surface area contributed by atoms with E-state index in [-0.39, 0.29) is 5.41 Å². The highest BCUT2D eigenvalue weighted by Gasteiger charge is 2.47. The van der Waals surface area contributed by atoms with Crippen LogP contribution in [0.15, 0.2) is 21.7 Å². The third-order valence-electron chi connectivity index (χ3n) is 4.02. The van der Waals surface area contributed by atoms with E-state index in [0.29, 0.717) is 5.78 Å². The van der Waals surface area contributed by atoms with Gasteiger partial charge in [-0.15, -0.1) is 0 Å². The van der Waals surface area contributed by atoms with Crippen molar-refractivity contribution in [3.63, 3.8) is 0 Å². The molecule has 112 valence electrons. The monoisotopic (exact) mass is 308 g/mol. The molecule has 2 rings (SSSR count). The van der Waals surface area contributed by atoms with Crippen molar-refractivity contribution >= 4 is 21.9 Å². The summed E-state index contributed by atoms with van der Waals surface area (Å²) in [6.45, 7) is 18.8. The minimum atomic E-state index is -1.68. The van der Waals surface area contributed by atoms with Crippen molar-refractivity contribution in [3.8, 4) is 0 Å². The zero-order valence-corrected chi connectivity index (χ0v) is 16.2. The number of rotatable bonds is 2. The summed E-state index contributed by atoms with van der Waals surface area (Å²) in [5.41, 5.74) is 1.39. The van der Waals surface area contributed by atoms with Crippen molar-refractivity contribution in [2.24, 2.45) is 5.41 Å². The van der Waals surface area contributed by atoms with Crippen LogP contribution in [0, 0.1) is 5.41 Å². The first kappa shape index (κ1) is 15.8. The van der Waals surface area contributed by atoms with Crippen molar-refractivity contribution in [2.75, 3.05) is 6.61 Å². The van der Waals surface area contributed by atoms with Crippen molar-refractivity contribution in [1.29, 1.82) is 0 Å². The first-order valence-electron chi connectivity index (χ1n) is 7.51. The van der Waals surface area contributed by atoms with E-state index in [1.54, 1.807) is 0 Å². The van der Waals surface area contributed by atoms with Crippen LogP contribution in [0.1, 0.15) is 20.3 Å². The highest BCUT2D eigenvalue weighted by molar-refractivity contribution is 6.94. The van der Waals surface area contributed by atoms with E-state index in [1.165, 1.54) is 5.57 Å². The van der Waals surface area contributed by atoms with Crippen molar-refractivity contribution in [3.05, 3.63) is 21.7 Å². The number of carbonyl (C=O) groups is 1. The average molecular weight is 309 g/mol. The lowest BCUT2D eigenvalue weighted by atomic mass is 9.84. The number of fused-ring (bicyclic) bond motifs is 1. The summed E-state index contributed by atoms with van der Waals surface area (Å²) < 4.78 is 6.11. The quantitative estimate of drug-likeness (QED) is 0.710. The largest absolute Gasteiger partial charge is 0.493 e. The van der Waals surface area contributed by atoms with Crippen LogP contribution in [0.4, 0.5) is 0 Å². The molecule has 2 nitrogen and oxygen atoms in total. The molecule has 0 radical (unpaired) electrons. The van der Waals surface area contributed by atoms with Gasteiger partial charge in [-0.3, -0.25) is 4.79 Å². The zero-order chi connectivity index (χ0) is 15.5. The number of ether oxygens (including phenoxy) is 1. The number of ketones is 1. The molecule has 1 fully saturated rings. The number of carbonyl (C=O) groups excluding carboxylic acids is 1. The van der Waals surface area contributed by atoms with Gasteiger partial charge in [0.1, 0.15) is 5.76 Å². The third-order valence-corrected chi connectivity index (χ3v) is 8.00. The van der Waals surface area contributed by atoms with Crippen LogP contribution >= 0.6 is 0 Å². The predicted molar refractivity (Wildman–Crippen MR) is 90.1 cm³/mol. The Morgan fingerprint density at radius 1 is 0.950 bits per heavy atom. The van der Waals surface area contributed by atoms with Gasteiger partial charge in [0.05, 0.1) is 22.8 Å². The Balaban J connectivity index is 2.63. The molecule has 1 aliphatic heterocycles. The van der Waals surface area contributed by atoms with Gasteiger partial charge in [-0.05, 0) is 17.2 Å². The highest BCUT2D eigenvalue weighted by atomic mass is 28.3. The molecule has 0 aromatic carbocycles. The number of Topliss-reactive ketones (excluding diaryl/α,β-unsaturated/α-hetero) is 1. The molecule has 0 N–H and O–H groups in total. The Hall–Kier alpha value is -0.616. The molecule has 0 spiro atoms.